The van der Waals surface area contributed by atoms with Crippen LogP contribution in [0.3, 0.4) is 0 Å². The van der Waals surface area contributed by atoms with Crippen LogP contribution in [-0.4, -0.2) is 33.0 Å². The number of nitrogens with one attached hydrogen (secondary N) is 1. The summed E-state index contributed by atoms with van der Waals surface area (Å²) in [5, 5.41) is 3.65. The molecule has 1 aliphatic rings. The summed E-state index contributed by atoms with van der Waals surface area (Å²) in [5.41, 5.74) is 4.06. The fourth-order valence-corrected chi connectivity index (χ4v) is 4.64. The van der Waals surface area contributed by atoms with Gasteiger partial charge in [-0.2, -0.15) is 0 Å². The fraction of sp³-hybridized carbons (Fsp3) is 0.538. The summed E-state index contributed by atoms with van der Waals surface area (Å²) in [7, 11) is 3.34. The van der Waals surface area contributed by atoms with E-state index in [4.69, 9.17) is 14.2 Å². The Balaban J connectivity index is 1.69. The fourth-order valence-electron chi connectivity index (χ4n) is 4.64. The molecule has 4 heteroatoms. The second kappa shape index (κ2) is 9.84. The van der Waals surface area contributed by atoms with E-state index >= 15 is 0 Å². The molecule has 1 saturated heterocycles. The molecular formula is C26H37NO3. The molecule has 164 valence electrons. The van der Waals surface area contributed by atoms with Gasteiger partial charge in [0.25, 0.3) is 0 Å². The van der Waals surface area contributed by atoms with Crippen LogP contribution in [0.4, 0.5) is 0 Å². The smallest absolute Gasteiger partial charge is 0.161 e. The van der Waals surface area contributed by atoms with Gasteiger partial charge in [0, 0.05) is 18.6 Å². The average molecular weight is 412 g/mol. The first kappa shape index (κ1) is 22.6. The maximum Gasteiger partial charge on any atom is 0.161 e. The SMILES string of the molecule is CC[C@]1(C)C[C@@](CCNCc2ccc(OC)c(OC)c2)(c2ccc(C)cc2)CCO1. The molecule has 3 rings (SSSR count). The molecule has 1 fully saturated rings. The first-order valence-electron chi connectivity index (χ1n) is 11.1. The molecule has 0 radical (unpaired) electrons. The van der Waals surface area contributed by atoms with E-state index in [1.54, 1.807) is 14.2 Å². The van der Waals surface area contributed by atoms with Gasteiger partial charge in [0.15, 0.2) is 11.5 Å². The molecule has 30 heavy (non-hydrogen) atoms. The molecule has 0 spiro atoms. The van der Waals surface area contributed by atoms with Gasteiger partial charge in [-0.05, 0) is 69.3 Å². The second-order valence-corrected chi connectivity index (χ2v) is 8.84. The highest BCUT2D eigenvalue weighted by molar-refractivity contribution is 5.42. The van der Waals surface area contributed by atoms with Crippen molar-refractivity contribution in [3.63, 3.8) is 0 Å². The Morgan fingerprint density at radius 3 is 2.43 bits per heavy atom. The molecule has 2 aromatic rings. The molecule has 0 unspecified atom stereocenters. The van der Waals surface area contributed by atoms with Gasteiger partial charge in [0.05, 0.1) is 19.8 Å². The molecule has 2 atom stereocenters. The van der Waals surface area contributed by atoms with E-state index in [1.165, 1.54) is 16.7 Å². The van der Waals surface area contributed by atoms with E-state index < -0.39 is 0 Å². The summed E-state index contributed by atoms with van der Waals surface area (Å²) in [6.45, 7) is 9.26. The third kappa shape index (κ3) is 5.16. The summed E-state index contributed by atoms with van der Waals surface area (Å²) in [4.78, 5) is 0. The highest BCUT2D eigenvalue weighted by Crippen LogP contribution is 2.45. The number of hydrogen-bond acceptors (Lipinski definition) is 4. The topological polar surface area (TPSA) is 39.7 Å². The van der Waals surface area contributed by atoms with E-state index in [9.17, 15) is 0 Å². The minimum Gasteiger partial charge on any atom is -0.493 e. The molecule has 1 N–H and O–H groups in total. The quantitative estimate of drug-likeness (QED) is 0.560. The van der Waals surface area contributed by atoms with Crippen LogP contribution in [0.1, 0.15) is 56.2 Å². The van der Waals surface area contributed by atoms with Gasteiger partial charge >= 0.3 is 0 Å². The number of hydrogen-bond donors (Lipinski definition) is 1. The zero-order valence-corrected chi connectivity index (χ0v) is 19.2. The standard InChI is InChI=1S/C26H37NO3/c1-6-25(3)19-26(14-16-30-25,22-10-7-20(2)8-11-22)13-15-27-18-21-9-12-23(28-4)24(17-21)29-5/h7-12,17,27H,6,13-16,18-19H2,1-5H3/t25-,26+/m1/s1. The van der Waals surface area contributed by atoms with Crippen LogP contribution in [0.5, 0.6) is 11.5 Å². The van der Waals surface area contributed by atoms with Crippen LogP contribution in [0, 0.1) is 6.92 Å². The van der Waals surface area contributed by atoms with Crippen LogP contribution in [-0.2, 0) is 16.7 Å². The second-order valence-electron chi connectivity index (χ2n) is 8.84. The molecule has 0 aliphatic carbocycles. The zero-order valence-electron chi connectivity index (χ0n) is 19.2. The average Bonchev–Trinajstić information content (AvgIpc) is 2.77. The summed E-state index contributed by atoms with van der Waals surface area (Å²) in [6, 6.07) is 15.2. The monoisotopic (exact) mass is 411 g/mol. The molecule has 1 aliphatic heterocycles. The minimum atomic E-state index is -0.0491. The molecule has 0 aromatic heterocycles. The van der Waals surface area contributed by atoms with E-state index in [-0.39, 0.29) is 11.0 Å². The van der Waals surface area contributed by atoms with Crippen molar-refractivity contribution in [3.8, 4) is 11.5 Å². The molecule has 1 heterocycles. The summed E-state index contributed by atoms with van der Waals surface area (Å²) >= 11 is 0. The number of methoxy groups -OCH3 is 2. The molecule has 0 amide bonds. The Kier molecular flexibility index (Phi) is 7.43. The molecular weight excluding hydrogens is 374 g/mol. The Labute approximate surface area is 181 Å². The van der Waals surface area contributed by atoms with Crippen LogP contribution in [0.25, 0.3) is 0 Å². The summed E-state index contributed by atoms with van der Waals surface area (Å²) in [6.07, 6.45) is 4.28. The highest BCUT2D eigenvalue weighted by atomic mass is 16.5. The van der Waals surface area contributed by atoms with Gasteiger partial charge in [0.1, 0.15) is 0 Å². The van der Waals surface area contributed by atoms with Crippen molar-refractivity contribution in [3.05, 3.63) is 59.2 Å². The first-order chi connectivity index (χ1) is 14.4. The number of aryl methyl sites for hydroxylation is 1. The first-order valence-corrected chi connectivity index (χ1v) is 11.1. The van der Waals surface area contributed by atoms with Crippen LogP contribution in [0.15, 0.2) is 42.5 Å². The van der Waals surface area contributed by atoms with E-state index in [1.807, 2.05) is 12.1 Å². The van der Waals surface area contributed by atoms with Crippen molar-refractivity contribution in [1.29, 1.82) is 0 Å². The van der Waals surface area contributed by atoms with Crippen molar-refractivity contribution >= 4 is 0 Å². The lowest BCUT2D eigenvalue weighted by molar-refractivity contribution is -0.0979. The predicted octanol–water partition coefficient (Wildman–Crippen LogP) is 5.41. The lowest BCUT2D eigenvalue weighted by Crippen LogP contribution is -2.46. The van der Waals surface area contributed by atoms with Gasteiger partial charge in [0.2, 0.25) is 0 Å². The van der Waals surface area contributed by atoms with Crippen molar-refractivity contribution in [2.75, 3.05) is 27.4 Å². The Morgan fingerprint density at radius 2 is 1.77 bits per heavy atom. The van der Waals surface area contributed by atoms with Gasteiger partial charge in [-0.25, -0.2) is 0 Å². The number of benzene rings is 2. The lowest BCUT2D eigenvalue weighted by Gasteiger charge is -2.47. The van der Waals surface area contributed by atoms with Crippen LogP contribution in [0.2, 0.25) is 0 Å². The highest BCUT2D eigenvalue weighted by Gasteiger charge is 2.43. The van der Waals surface area contributed by atoms with Gasteiger partial charge in [-0.3, -0.25) is 0 Å². The Hall–Kier alpha value is -2.04. The van der Waals surface area contributed by atoms with Crippen molar-refractivity contribution in [2.24, 2.45) is 0 Å². The van der Waals surface area contributed by atoms with Gasteiger partial charge in [-0.15, -0.1) is 0 Å². The third-order valence-corrected chi connectivity index (χ3v) is 6.71. The molecule has 0 bridgehead atoms. The largest absolute Gasteiger partial charge is 0.493 e. The third-order valence-electron chi connectivity index (χ3n) is 6.71. The Bertz CT molecular complexity index is 820. The number of rotatable bonds is 9. The number of ether oxygens (including phenoxy) is 3. The summed E-state index contributed by atoms with van der Waals surface area (Å²) < 4.78 is 17.0. The zero-order chi connectivity index (χ0) is 21.6. The summed E-state index contributed by atoms with van der Waals surface area (Å²) in [5.74, 6) is 1.54. The lowest BCUT2D eigenvalue weighted by atomic mass is 9.66. The van der Waals surface area contributed by atoms with E-state index in [0.717, 1.165) is 56.9 Å². The molecule has 2 aromatic carbocycles. The van der Waals surface area contributed by atoms with E-state index in [0.29, 0.717) is 0 Å². The van der Waals surface area contributed by atoms with Crippen molar-refractivity contribution in [2.45, 2.75) is 64.0 Å². The van der Waals surface area contributed by atoms with Gasteiger partial charge in [-0.1, -0.05) is 42.8 Å². The minimum absolute atomic E-state index is 0.0491. The maximum atomic E-state index is 6.19. The Morgan fingerprint density at radius 1 is 1.03 bits per heavy atom. The molecule has 4 nitrogen and oxygen atoms in total. The maximum absolute atomic E-state index is 6.19. The van der Waals surface area contributed by atoms with Gasteiger partial charge < -0.3 is 19.5 Å². The van der Waals surface area contributed by atoms with Crippen molar-refractivity contribution < 1.29 is 14.2 Å². The molecule has 0 saturated carbocycles. The van der Waals surface area contributed by atoms with Crippen LogP contribution < -0.4 is 14.8 Å². The van der Waals surface area contributed by atoms with E-state index in [2.05, 4.69) is 56.4 Å². The normalized spacial score (nSPS) is 23.9. The predicted molar refractivity (Wildman–Crippen MR) is 123 cm³/mol. The van der Waals surface area contributed by atoms with Crippen molar-refractivity contribution in [1.82, 2.24) is 5.32 Å². The van der Waals surface area contributed by atoms with Crippen LogP contribution >= 0.6 is 0 Å².